The van der Waals surface area contributed by atoms with E-state index in [-0.39, 0.29) is 11.6 Å². The Hall–Kier alpha value is -0.940. The molecule has 1 aliphatic heterocycles. The standard InChI is InChI=1S/C11H17N3O2/c12-11(5-3-6-11)10-13-9(16-14-10)8-4-1-2-7-15-8/h8H,1-7,12H2. The lowest BCUT2D eigenvalue weighted by atomic mass is 9.77. The van der Waals surface area contributed by atoms with Gasteiger partial charge >= 0.3 is 0 Å². The summed E-state index contributed by atoms with van der Waals surface area (Å²) < 4.78 is 10.9. The van der Waals surface area contributed by atoms with Gasteiger partial charge in [0, 0.05) is 6.61 Å². The average Bonchev–Trinajstić information content (AvgIpc) is 2.77. The third-order valence-corrected chi connectivity index (χ3v) is 3.59. The lowest BCUT2D eigenvalue weighted by Crippen LogP contribution is -2.44. The third-order valence-electron chi connectivity index (χ3n) is 3.59. The van der Waals surface area contributed by atoms with Gasteiger partial charge in [-0.2, -0.15) is 4.98 Å². The van der Waals surface area contributed by atoms with Crippen LogP contribution in [0.2, 0.25) is 0 Å². The zero-order valence-corrected chi connectivity index (χ0v) is 9.32. The summed E-state index contributed by atoms with van der Waals surface area (Å²) in [6.45, 7) is 0.788. The van der Waals surface area contributed by atoms with Crippen LogP contribution in [0.1, 0.15) is 56.3 Å². The largest absolute Gasteiger partial charge is 0.368 e. The summed E-state index contributed by atoms with van der Waals surface area (Å²) in [5, 5.41) is 3.99. The molecule has 0 spiro atoms. The van der Waals surface area contributed by atoms with E-state index >= 15 is 0 Å². The van der Waals surface area contributed by atoms with Gasteiger partial charge in [0.15, 0.2) is 5.82 Å². The number of aromatic nitrogens is 2. The first-order chi connectivity index (χ1) is 7.78. The second-order valence-electron chi connectivity index (χ2n) is 4.82. The molecule has 1 aliphatic carbocycles. The van der Waals surface area contributed by atoms with Crippen molar-refractivity contribution in [2.45, 2.75) is 50.2 Å². The van der Waals surface area contributed by atoms with E-state index in [0.29, 0.717) is 11.7 Å². The second kappa shape index (κ2) is 3.82. The molecule has 1 unspecified atom stereocenters. The Bertz CT molecular complexity index is 367. The van der Waals surface area contributed by atoms with Crippen molar-refractivity contribution in [3.05, 3.63) is 11.7 Å². The van der Waals surface area contributed by atoms with Gasteiger partial charge in [-0.05, 0) is 38.5 Å². The van der Waals surface area contributed by atoms with E-state index in [9.17, 15) is 0 Å². The number of hydrogen-bond donors (Lipinski definition) is 1. The van der Waals surface area contributed by atoms with Gasteiger partial charge in [-0.15, -0.1) is 0 Å². The summed E-state index contributed by atoms with van der Waals surface area (Å²) in [7, 11) is 0. The highest BCUT2D eigenvalue weighted by molar-refractivity contribution is 5.09. The molecule has 2 fully saturated rings. The fraction of sp³-hybridized carbons (Fsp3) is 0.818. The quantitative estimate of drug-likeness (QED) is 0.825. The summed E-state index contributed by atoms with van der Waals surface area (Å²) in [4.78, 5) is 4.40. The van der Waals surface area contributed by atoms with Crippen LogP contribution in [0.15, 0.2) is 4.52 Å². The van der Waals surface area contributed by atoms with Gasteiger partial charge in [0.1, 0.15) is 6.10 Å². The molecule has 1 atom stereocenters. The molecule has 2 N–H and O–H groups in total. The molecule has 16 heavy (non-hydrogen) atoms. The third kappa shape index (κ3) is 1.64. The minimum atomic E-state index is -0.337. The number of hydrogen-bond acceptors (Lipinski definition) is 5. The highest BCUT2D eigenvalue weighted by Crippen LogP contribution is 2.38. The summed E-state index contributed by atoms with van der Waals surface area (Å²) in [5.41, 5.74) is 5.80. The molecule has 5 heteroatoms. The maximum Gasteiger partial charge on any atom is 0.255 e. The van der Waals surface area contributed by atoms with E-state index in [2.05, 4.69) is 10.1 Å². The molecular formula is C11H17N3O2. The van der Waals surface area contributed by atoms with Gasteiger partial charge in [-0.25, -0.2) is 0 Å². The molecule has 88 valence electrons. The van der Waals surface area contributed by atoms with Crippen molar-refractivity contribution in [1.29, 1.82) is 0 Å². The first-order valence-corrected chi connectivity index (χ1v) is 6.02. The predicted molar refractivity (Wildman–Crippen MR) is 56.6 cm³/mol. The molecule has 1 aromatic heterocycles. The molecule has 2 heterocycles. The fourth-order valence-corrected chi connectivity index (χ4v) is 2.28. The van der Waals surface area contributed by atoms with Crippen LogP contribution >= 0.6 is 0 Å². The maximum absolute atomic E-state index is 6.14. The first kappa shape index (κ1) is 10.2. The van der Waals surface area contributed by atoms with Crippen LogP contribution in [-0.2, 0) is 10.3 Å². The monoisotopic (exact) mass is 223 g/mol. The Labute approximate surface area is 94.3 Å². The molecule has 1 saturated heterocycles. The van der Waals surface area contributed by atoms with E-state index < -0.39 is 0 Å². The van der Waals surface area contributed by atoms with Crippen LogP contribution in [0.5, 0.6) is 0 Å². The van der Waals surface area contributed by atoms with Crippen LogP contribution in [0.25, 0.3) is 0 Å². The van der Waals surface area contributed by atoms with E-state index in [1.54, 1.807) is 0 Å². The fourth-order valence-electron chi connectivity index (χ4n) is 2.28. The lowest BCUT2D eigenvalue weighted by Gasteiger charge is -2.34. The number of rotatable bonds is 2. The molecule has 5 nitrogen and oxygen atoms in total. The Morgan fingerprint density at radius 2 is 2.12 bits per heavy atom. The number of ether oxygens (including phenoxy) is 1. The smallest absolute Gasteiger partial charge is 0.255 e. The number of nitrogens with zero attached hydrogens (tertiary/aromatic N) is 2. The van der Waals surface area contributed by atoms with Gasteiger partial charge in [-0.3, -0.25) is 0 Å². The first-order valence-electron chi connectivity index (χ1n) is 6.02. The van der Waals surface area contributed by atoms with Crippen LogP contribution in [0.4, 0.5) is 0 Å². The van der Waals surface area contributed by atoms with Crippen molar-refractivity contribution in [3.63, 3.8) is 0 Å². The van der Waals surface area contributed by atoms with Crippen LogP contribution in [-0.4, -0.2) is 16.7 Å². The highest BCUT2D eigenvalue weighted by atomic mass is 16.5. The molecule has 0 bridgehead atoms. The van der Waals surface area contributed by atoms with Crippen LogP contribution in [0, 0.1) is 0 Å². The average molecular weight is 223 g/mol. The molecular weight excluding hydrogens is 206 g/mol. The molecule has 3 rings (SSSR count). The maximum atomic E-state index is 6.14. The molecule has 0 amide bonds. The van der Waals surface area contributed by atoms with Crippen molar-refractivity contribution < 1.29 is 9.26 Å². The van der Waals surface area contributed by atoms with E-state index in [1.165, 1.54) is 0 Å². The van der Waals surface area contributed by atoms with Crippen molar-refractivity contribution in [2.75, 3.05) is 6.61 Å². The van der Waals surface area contributed by atoms with Crippen LogP contribution < -0.4 is 5.73 Å². The van der Waals surface area contributed by atoms with E-state index in [0.717, 1.165) is 45.1 Å². The summed E-state index contributed by atoms with van der Waals surface area (Å²) >= 11 is 0. The zero-order chi connectivity index (χ0) is 11.0. The predicted octanol–water partition coefficient (Wildman–Crippen LogP) is 1.65. The minimum absolute atomic E-state index is 0.0151. The molecule has 1 aromatic rings. The summed E-state index contributed by atoms with van der Waals surface area (Å²) in [5.74, 6) is 1.26. The highest BCUT2D eigenvalue weighted by Gasteiger charge is 2.39. The van der Waals surface area contributed by atoms with Crippen molar-refractivity contribution in [1.82, 2.24) is 10.1 Å². The second-order valence-corrected chi connectivity index (χ2v) is 4.82. The summed E-state index contributed by atoms with van der Waals surface area (Å²) in [6, 6.07) is 0. The Balaban J connectivity index is 1.76. The SMILES string of the molecule is NC1(c2noc(C3CCCCO3)n2)CCC1. The van der Waals surface area contributed by atoms with Gasteiger partial charge < -0.3 is 15.0 Å². The normalized spacial score (nSPS) is 28.7. The molecule has 1 saturated carbocycles. The van der Waals surface area contributed by atoms with Gasteiger partial charge in [0.25, 0.3) is 5.89 Å². The topological polar surface area (TPSA) is 74.2 Å². The zero-order valence-electron chi connectivity index (χ0n) is 9.32. The van der Waals surface area contributed by atoms with Crippen molar-refractivity contribution >= 4 is 0 Å². The Morgan fingerprint density at radius 3 is 2.75 bits per heavy atom. The van der Waals surface area contributed by atoms with Crippen molar-refractivity contribution in [3.8, 4) is 0 Å². The van der Waals surface area contributed by atoms with Gasteiger partial charge in [-0.1, -0.05) is 5.16 Å². The summed E-state index contributed by atoms with van der Waals surface area (Å²) in [6.07, 6.45) is 6.31. The van der Waals surface area contributed by atoms with E-state index in [1.807, 2.05) is 0 Å². The van der Waals surface area contributed by atoms with Gasteiger partial charge in [0.05, 0.1) is 5.54 Å². The van der Waals surface area contributed by atoms with Gasteiger partial charge in [0.2, 0.25) is 0 Å². The van der Waals surface area contributed by atoms with E-state index in [4.69, 9.17) is 15.0 Å². The Kier molecular flexibility index (Phi) is 2.44. The lowest BCUT2D eigenvalue weighted by molar-refractivity contribution is -0.00459. The number of nitrogens with two attached hydrogens (primary N) is 1. The Morgan fingerprint density at radius 1 is 1.25 bits per heavy atom. The molecule has 0 radical (unpaired) electrons. The molecule has 2 aliphatic rings. The van der Waals surface area contributed by atoms with Crippen LogP contribution in [0.3, 0.4) is 0 Å². The molecule has 0 aromatic carbocycles. The minimum Gasteiger partial charge on any atom is -0.368 e. The van der Waals surface area contributed by atoms with Crippen molar-refractivity contribution in [2.24, 2.45) is 5.73 Å².